The number of nitrogens with zero attached hydrogens (tertiary/aromatic N) is 5. The van der Waals surface area contributed by atoms with Gasteiger partial charge in [-0.1, -0.05) is 40.1 Å². The predicted molar refractivity (Wildman–Crippen MR) is 120 cm³/mol. The fraction of sp³-hybridized carbons (Fsp3) is 0.391. The number of aromatic nitrogens is 4. The van der Waals surface area contributed by atoms with Crippen molar-refractivity contribution < 1.29 is 4.63 Å². The zero-order chi connectivity index (χ0) is 21.5. The van der Waals surface area contributed by atoms with Gasteiger partial charge in [-0.05, 0) is 51.3 Å². The Morgan fingerprint density at radius 1 is 1.23 bits per heavy atom. The third kappa shape index (κ3) is 3.81. The van der Waals surface area contributed by atoms with Gasteiger partial charge in [0, 0.05) is 17.5 Å². The summed E-state index contributed by atoms with van der Waals surface area (Å²) in [5.74, 6) is 0. The molecule has 0 saturated carbocycles. The van der Waals surface area contributed by atoms with Crippen molar-refractivity contribution in [3.8, 4) is 0 Å². The number of rotatable bonds is 5. The summed E-state index contributed by atoms with van der Waals surface area (Å²) in [6.45, 7) is 5.23. The van der Waals surface area contributed by atoms with Gasteiger partial charge in [-0.15, -0.1) is 11.3 Å². The second-order valence-corrected chi connectivity index (χ2v) is 9.54. The van der Waals surface area contributed by atoms with Gasteiger partial charge in [0.05, 0.1) is 18.3 Å². The van der Waals surface area contributed by atoms with Gasteiger partial charge in [0.1, 0.15) is 16.2 Å². The van der Waals surface area contributed by atoms with E-state index in [1.807, 2.05) is 6.92 Å². The first kappa shape index (κ1) is 20.1. The van der Waals surface area contributed by atoms with Crippen LogP contribution in [0.5, 0.6) is 0 Å². The van der Waals surface area contributed by atoms with Gasteiger partial charge in [0.2, 0.25) is 0 Å². The van der Waals surface area contributed by atoms with E-state index < -0.39 is 0 Å². The minimum absolute atomic E-state index is 0.0687. The average Bonchev–Trinajstić information content (AvgIpc) is 3.34. The van der Waals surface area contributed by atoms with Crippen LogP contribution in [0.2, 0.25) is 0 Å². The molecule has 0 spiro atoms. The Hall–Kier alpha value is -2.84. The van der Waals surface area contributed by atoms with Gasteiger partial charge in [0.15, 0.2) is 0 Å². The number of fused-ring (bicyclic) bond motifs is 3. The Labute approximate surface area is 184 Å². The molecule has 160 valence electrons. The molecule has 0 fully saturated rings. The lowest BCUT2D eigenvalue weighted by Gasteiger charge is -2.30. The van der Waals surface area contributed by atoms with Crippen LogP contribution in [0.4, 0.5) is 0 Å². The van der Waals surface area contributed by atoms with Gasteiger partial charge in [-0.3, -0.25) is 14.3 Å². The van der Waals surface area contributed by atoms with E-state index in [1.54, 1.807) is 22.2 Å². The first-order chi connectivity index (χ1) is 15.0. The van der Waals surface area contributed by atoms with Crippen LogP contribution in [0, 0.1) is 13.8 Å². The van der Waals surface area contributed by atoms with E-state index >= 15 is 0 Å². The van der Waals surface area contributed by atoms with Crippen LogP contribution in [0.25, 0.3) is 10.2 Å². The van der Waals surface area contributed by atoms with Crippen LogP contribution in [0.15, 0.2) is 40.0 Å². The number of likely N-dealkylation sites (N-methyl/N-ethyl adjacent to an activating group) is 1. The number of benzene rings is 1. The summed E-state index contributed by atoms with van der Waals surface area (Å²) in [4.78, 5) is 22.4. The van der Waals surface area contributed by atoms with Crippen molar-refractivity contribution in [1.82, 2.24) is 24.8 Å². The average molecular weight is 436 g/mol. The maximum atomic E-state index is 13.3. The van der Waals surface area contributed by atoms with Crippen LogP contribution < -0.4 is 5.56 Å². The molecule has 3 aromatic heterocycles. The van der Waals surface area contributed by atoms with Gasteiger partial charge >= 0.3 is 0 Å². The number of aryl methyl sites for hydroxylation is 3. The van der Waals surface area contributed by atoms with E-state index in [9.17, 15) is 4.79 Å². The van der Waals surface area contributed by atoms with Crippen molar-refractivity contribution in [2.45, 2.75) is 52.2 Å². The van der Waals surface area contributed by atoms with Gasteiger partial charge in [0.25, 0.3) is 5.56 Å². The zero-order valence-electron chi connectivity index (χ0n) is 18.0. The molecule has 3 heterocycles. The Kier molecular flexibility index (Phi) is 5.19. The highest BCUT2D eigenvalue weighted by molar-refractivity contribution is 7.18. The summed E-state index contributed by atoms with van der Waals surface area (Å²) in [5, 5.41) is 8.70. The highest BCUT2D eigenvalue weighted by Crippen LogP contribution is 2.35. The fourth-order valence-corrected chi connectivity index (χ4v) is 5.57. The van der Waals surface area contributed by atoms with E-state index in [-0.39, 0.29) is 5.56 Å². The Morgan fingerprint density at radius 3 is 2.77 bits per heavy atom. The fourth-order valence-electron chi connectivity index (χ4n) is 4.32. The molecule has 31 heavy (non-hydrogen) atoms. The minimum Gasteiger partial charge on any atom is -0.297 e. The third-order valence-electron chi connectivity index (χ3n) is 6.25. The van der Waals surface area contributed by atoms with Crippen LogP contribution in [-0.4, -0.2) is 37.9 Å². The summed E-state index contributed by atoms with van der Waals surface area (Å²) in [6.07, 6.45) is 4.52. The summed E-state index contributed by atoms with van der Waals surface area (Å²) in [6, 6.07) is 8.69. The maximum absolute atomic E-state index is 13.3. The first-order valence-electron chi connectivity index (χ1n) is 10.5. The SMILES string of the molecule is Cc1ccc(Cn2cnc3sc4c(c3c2=O)CCC(N(C)Cc2nonc2C)C4)cc1. The summed E-state index contributed by atoms with van der Waals surface area (Å²) in [5.41, 5.74) is 5.30. The van der Waals surface area contributed by atoms with Crippen molar-refractivity contribution in [3.05, 3.63) is 73.9 Å². The lowest BCUT2D eigenvalue weighted by Crippen LogP contribution is -2.36. The Balaban J connectivity index is 1.40. The zero-order valence-corrected chi connectivity index (χ0v) is 18.8. The van der Waals surface area contributed by atoms with Gasteiger partial charge in [-0.2, -0.15) is 0 Å². The topological polar surface area (TPSA) is 77.0 Å². The van der Waals surface area contributed by atoms with Crippen LogP contribution in [-0.2, 0) is 25.9 Å². The molecule has 5 rings (SSSR count). The lowest BCUT2D eigenvalue weighted by atomic mass is 9.92. The van der Waals surface area contributed by atoms with E-state index in [1.165, 1.54) is 16.0 Å². The highest BCUT2D eigenvalue weighted by atomic mass is 32.1. The molecule has 1 aromatic carbocycles. The van der Waals surface area contributed by atoms with Crippen molar-refractivity contribution in [1.29, 1.82) is 0 Å². The largest absolute Gasteiger partial charge is 0.297 e. The third-order valence-corrected chi connectivity index (χ3v) is 7.41. The van der Waals surface area contributed by atoms with Crippen LogP contribution in [0.3, 0.4) is 0 Å². The quantitative estimate of drug-likeness (QED) is 0.478. The number of thiophene rings is 1. The van der Waals surface area contributed by atoms with Crippen molar-refractivity contribution in [2.75, 3.05) is 7.05 Å². The molecule has 0 bridgehead atoms. The molecule has 0 aliphatic heterocycles. The Morgan fingerprint density at radius 2 is 2.03 bits per heavy atom. The van der Waals surface area contributed by atoms with E-state index in [4.69, 9.17) is 4.63 Å². The van der Waals surface area contributed by atoms with Crippen LogP contribution in [0.1, 0.15) is 39.4 Å². The van der Waals surface area contributed by atoms with Crippen LogP contribution >= 0.6 is 11.3 Å². The molecule has 4 aromatic rings. The van der Waals surface area contributed by atoms with Crippen molar-refractivity contribution >= 4 is 21.6 Å². The molecule has 1 aliphatic rings. The molecule has 0 radical (unpaired) electrons. The highest BCUT2D eigenvalue weighted by Gasteiger charge is 2.28. The minimum atomic E-state index is 0.0687. The summed E-state index contributed by atoms with van der Waals surface area (Å²) < 4.78 is 6.57. The molecule has 7 nitrogen and oxygen atoms in total. The lowest BCUT2D eigenvalue weighted by molar-refractivity contribution is 0.207. The Bertz CT molecular complexity index is 1290. The summed E-state index contributed by atoms with van der Waals surface area (Å²) in [7, 11) is 2.11. The standard InChI is InChI=1S/C23H25N5O2S/c1-14-4-6-16(7-5-14)11-28-13-24-22-21(23(28)29)18-9-8-17(10-20(18)31-22)27(3)12-19-15(2)25-30-26-19/h4-7,13,17H,8-12H2,1-3H3. The second-order valence-electron chi connectivity index (χ2n) is 8.46. The molecular formula is C23H25N5O2S. The molecular weight excluding hydrogens is 410 g/mol. The second kappa shape index (κ2) is 8.01. The monoisotopic (exact) mass is 435 g/mol. The maximum Gasteiger partial charge on any atom is 0.262 e. The molecule has 0 amide bonds. The molecule has 1 aliphatic carbocycles. The molecule has 1 unspecified atom stereocenters. The van der Waals surface area contributed by atoms with Crippen molar-refractivity contribution in [3.63, 3.8) is 0 Å². The summed E-state index contributed by atoms with van der Waals surface area (Å²) >= 11 is 1.67. The molecule has 0 N–H and O–H groups in total. The molecule has 0 saturated heterocycles. The molecule has 8 heteroatoms. The van der Waals surface area contributed by atoms with Gasteiger partial charge < -0.3 is 0 Å². The number of hydrogen-bond acceptors (Lipinski definition) is 7. The normalized spacial score (nSPS) is 16.2. The van der Waals surface area contributed by atoms with E-state index in [0.29, 0.717) is 19.1 Å². The van der Waals surface area contributed by atoms with E-state index in [0.717, 1.165) is 46.4 Å². The first-order valence-corrected chi connectivity index (χ1v) is 11.3. The van der Waals surface area contributed by atoms with Crippen molar-refractivity contribution in [2.24, 2.45) is 0 Å². The number of hydrogen-bond donors (Lipinski definition) is 0. The van der Waals surface area contributed by atoms with Gasteiger partial charge in [-0.25, -0.2) is 9.61 Å². The van der Waals surface area contributed by atoms with E-state index in [2.05, 4.69) is 58.4 Å². The smallest absolute Gasteiger partial charge is 0.262 e. The molecule has 1 atom stereocenters. The predicted octanol–water partition coefficient (Wildman–Crippen LogP) is 3.50.